The number of benzene rings is 1. The van der Waals surface area contributed by atoms with Crippen molar-refractivity contribution in [2.75, 3.05) is 19.0 Å². The number of hydrogen-bond donors (Lipinski definition) is 1. The Labute approximate surface area is 171 Å². The maximum Gasteiger partial charge on any atom is 0.268 e. The third-order valence-electron chi connectivity index (χ3n) is 4.30. The van der Waals surface area contributed by atoms with E-state index < -0.39 is 0 Å². The smallest absolute Gasteiger partial charge is 0.268 e. The van der Waals surface area contributed by atoms with Crippen LogP contribution in [0.3, 0.4) is 0 Å². The number of amides is 1. The molecule has 0 unspecified atom stereocenters. The molecule has 4 rings (SSSR count). The van der Waals surface area contributed by atoms with Crippen molar-refractivity contribution in [1.29, 1.82) is 0 Å². The van der Waals surface area contributed by atoms with E-state index in [0.717, 1.165) is 21.9 Å². The lowest BCUT2D eigenvalue weighted by atomic mass is 10.1. The number of rotatable bonds is 6. The van der Waals surface area contributed by atoms with E-state index in [4.69, 9.17) is 9.47 Å². The first kappa shape index (κ1) is 18.9. The van der Waals surface area contributed by atoms with E-state index in [9.17, 15) is 4.79 Å². The minimum Gasteiger partial charge on any atom is -0.494 e. The average Bonchev–Trinajstić information content (AvgIpc) is 3.34. The quantitative estimate of drug-likeness (QED) is 0.511. The number of carbonyl (C=O) groups is 1. The SMILES string of the molecule is CCOc1cccc(-c2ccc(OC)c3nc(NC(=O)c4ccc(C)s4)nn23)c1. The van der Waals surface area contributed by atoms with E-state index in [1.807, 2.05) is 56.3 Å². The molecule has 8 heteroatoms. The summed E-state index contributed by atoms with van der Waals surface area (Å²) >= 11 is 1.42. The minimum absolute atomic E-state index is 0.216. The first-order valence-electron chi connectivity index (χ1n) is 9.14. The van der Waals surface area contributed by atoms with Crippen LogP contribution in [-0.4, -0.2) is 34.2 Å². The molecule has 0 saturated carbocycles. The van der Waals surface area contributed by atoms with Crippen molar-refractivity contribution in [3.8, 4) is 22.8 Å². The van der Waals surface area contributed by atoms with Gasteiger partial charge in [0, 0.05) is 10.4 Å². The summed E-state index contributed by atoms with van der Waals surface area (Å²) in [6.07, 6.45) is 0. The number of hydrogen-bond acceptors (Lipinski definition) is 6. The molecule has 0 atom stereocenters. The van der Waals surface area contributed by atoms with Crippen LogP contribution in [0.5, 0.6) is 11.5 Å². The van der Waals surface area contributed by atoms with Crippen LogP contribution in [0.15, 0.2) is 48.5 Å². The molecule has 1 aromatic carbocycles. The van der Waals surface area contributed by atoms with Crippen molar-refractivity contribution in [2.45, 2.75) is 13.8 Å². The zero-order chi connectivity index (χ0) is 20.4. The molecule has 4 aromatic rings. The van der Waals surface area contributed by atoms with Crippen molar-refractivity contribution in [3.63, 3.8) is 0 Å². The summed E-state index contributed by atoms with van der Waals surface area (Å²) in [5, 5.41) is 7.27. The first-order valence-corrected chi connectivity index (χ1v) is 9.95. The van der Waals surface area contributed by atoms with E-state index in [-0.39, 0.29) is 11.9 Å². The third kappa shape index (κ3) is 3.79. The minimum atomic E-state index is -0.238. The van der Waals surface area contributed by atoms with Gasteiger partial charge < -0.3 is 9.47 Å². The van der Waals surface area contributed by atoms with Crippen molar-refractivity contribution in [2.24, 2.45) is 0 Å². The van der Waals surface area contributed by atoms with Gasteiger partial charge in [0.25, 0.3) is 5.91 Å². The van der Waals surface area contributed by atoms with Crippen molar-refractivity contribution in [3.05, 3.63) is 58.3 Å². The van der Waals surface area contributed by atoms with Crippen LogP contribution in [0.4, 0.5) is 5.95 Å². The summed E-state index contributed by atoms with van der Waals surface area (Å²) in [7, 11) is 1.58. The summed E-state index contributed by atoms with van der Waals surface area (Å²) in [6, 6.07) is 15.2. The van der Waals surface area contributed by atoms with Gasteiger partial charge in [-0.1, -0.05) is 12.1 Å². The average molecular weight is 408 g/mol. The van der Waals surface area contributed by atoms with Gasteiger partial charge in [0.15, 0.2) is 11.4 Å². The monoisotopic (exact) mass is 408 g/mol. The second-order valence-corrected chi connectivity index (χ2v) is 7.57. The van der Waals surface area contributed by atoms with Gasteiger partial charge in [-0.05, 0) is 50.2 Å². The van der Waals surface area contributed by atoms with Crippen LogP contribution < -0.4 is 14.8 Å². The molecule has 0 radical (unpaired) electrons. The topological polar surface area (TPSA) is 77.8 Å². The van der Waals surface area contributed by atoms with Gasteiger partial charge in [-0.2, -0.15) is 4.98 Å². The Bertz CT molecular complexity index is 1180. The number of aryl methyl sites for hydroxylation is 1. The van der Waals surface area contributed by atoms with Crippen LogP contribution in [-0.2, 0) is 0 Å². The number of fused-ring (bicyclic) bond motifs is 1. The van der Waals surface area contributed by atoms with Crippen LogP contribution in [0, 0.1) is 6.92 Å². The molecule has 0 aliphatic heterocycles. The molecule has 3 aromatic heterocycles. The number of pyridine rings is 1. The van der Waals surface area contributed by atoms with E-state index in [0.29, 0.717) is 22.9 Å². The molecule has 0 aliphatic rings. The highest BCUT2D eigenvalue weighted by molar-refractivity contribution is 7.14. The standard InChI is InChI=1S/C21H20N4O3S/c1-4-28-15-7-5-6-14(12-15)16-9-10-17(27-3)19-22-21(24-25(16)19)23-20(26)18-11-8-13(2)29-18/h5-12H,4H2,1-3H3,(H,23,24,26). The Hall–Kier alpha value is -3.39. The third-order valence-corrected chi connectivity index (χ3v) is 5.30. The van der Waals surface area contributed by atoms with Crippen LogP contribution in [0.2, 0.25) is 0 Å². The van der Waals surface area contributed by atoms with Crippen molar-refractivity contribution >= 4 is 28.8 Å². The number of thiophene rings is 1. The highest BCUT2D eigenvalue weighted by atomic mass is 32.1. The molecule has 7 nitrogen and oxygen atoms in total. The lowest BCUT2D eigenvalue weighted by molar-refractivity contribution is 0.102. The first-order chi connectivity index (χ1) is 14.1. The molecule has 148 valence electrons. The molecule has 0 spiro atoms. The van der Waals surface area contributed by atoms with E-state index >= 15 is 0 Å². The fourth-order valence-electron chi connectivity index (χ4n) is 3.00. The Morgan fingerprint density at radius 3 is 2.79 bits per heavy atom. The van der Waals surface area contributed by atoms with Gasteiger partial charge in [-0.25, -0.2) is 4.52 Å². The van der Waals surface area contributed by atoms with Crippen molar-refractivity contribution < 1.29 is 14.3 Å². The summed E-state index contributed by atoms with van der Waals surface area (Å²) in [6.45, 7) is 4.49. The maximum absolute atomic E-state index is 12.5. The number of methoxy groups -OCH3 is 1. The summed E-state index contributed by atoms with van der Waals surface area (Å²) in [4.78, 5) is 18.6. The van der Waals surface area contributed by atoms with E-state index in [2.05, 4.69) is 15.4 Å². The van der Waals surface area contributed by atoms with Crippen LogP contribution >= 0.6 is 11.3 Å². The molecular formula is C21H20N4O3S. The molecule has 29 heavy (non-hydrogen) atoms. The molecule has 1 amide bonds. The molecule has 0 saturated heterocycles. The molecule has 3 heterocycles. The van der Waals surface area contributed by atoms with Gasteiger partial charge in [0.1, 0.15) is 5.75 Å². The molecule has 0 fully saturated rings. The van der Waals surface area contributed by atoms with Crippen LogP contribution in [0.1, 0.15) is 21.5 Å². The van der Waals surface area contributed by atoms with Crippen molar-refractivity contribution in [1.82, 2.24) is 14.6 Å². The Balaban J connectivity index is 1.75. The number of nitrogens with one attached hydrogen (secondary N) is 1. The number of nitrogens with zero attached hydrogens (tertiary/aromatic N) is 3. The fourth-order valence-corrected chi connectivity index (χ4v) is 3.76. The van der Waals surface area contributed by atoms with E-state index in [1.54, 1.807) is 17.7 Å². The Morgan fingerprint density at radius 1 is 1.21 bits per heavy atom. The number of aromatic nitrogens is 3. The Kier molecular flexibility index (Phi) is 5.18. The lowest BCUT2D eigenvalue weighted by Gasteiger charge is -2.09. The normalized spacial score (nSPS) is 10.9. The molecular weight excluding hydrogens is 388 g/mol. The Morgan fingerprint density at radius 2 is 2.07 bits per heavy atom. The maximum atomic E-state index is 12.5. The van der Waals surface area contributed by atoms with Gasteiger partial charge >= 0.3 is 0 Å². The fraction of sp³-hybridized carbons (Fsp3) is 0.190. The molecule has 0 bridgehead atoms. The lowest BCUT2D eigenvalue weighted by Crippen LogP contribution is -2.11. The summed E-state index contributed by atoms with van der Waals surface area (Å²) in [5.74, 6) is 1.32. The summed E-state index contributed by atoms with van der Waals surface area (Å²) in [5.41, 5.74) is 2.24. The molecule has 0 aliphatic carbocycles. The largest absolute Gasteiger partial charge is 0.494 e. The predicted octanol–water partition coefficient (Wildman–Crippen LogP) is 4.43. The highest BCUT2D eigenvalue weighted by Crippen LogP contribution is 2.29. The second kappa shape index (κ2) is 7.92. The van der Waals surface area contributed by atoms with Gasteiger partial charge in [-0.3, -0.25) is 10.1 Å². The number of carbonyl (C=O) groups excluding carboxylic acids is 1. The zero-order valence-electron chi connectivity index (χ0n) is 16.3. The second-order valence-electron chi connectivity index (χ2n) is 6.28. The highest BCUT2D eigenvalue weighted by Gasteiger charge is 2.17. The predicted molar refractivity (Wildman–Crippen MR) is 113 cm³/mol. The molecule has 1 N–H and O–H groups in total. The number of ether oxygens (including phenoxy) is 2. The van der Waals surface area contributed by atoms with Gasteiger partial charge in [0.05, 0.1) is 24.3 Å². The zero-order valence-corrected chi connectivity index (χ0v) is 17.1. The van der Waals surface area contributed by atoms with Gasteiger partial charge in [0.2, 0.25) is 5.95 Å². The summed E-state index contributed by atoms with van der Waals surface area (Å²) < 4.78 is 12.7. The van der Waals surface area contributed by atoms with Crippen LogP contribution in [0.25, 0.3) is 16.9 Å². The van der Waals surface area contributed by atoms with E-state index in [1.165, 1.54) is 11.3 Å². The number of anilines is 1. The van der Waals surface area contributed by atoms with Gasteiger partial charge in [-0.15, -0.1) is 16.4 Å².